The number of nitrogens with one attached hydrogen (secondary N) is 1. The monoisotopic (exact) mass is 532 g/mol. The maximum absolute atomic E-state index is 13.3. The number of piperidine rings is 1. The van der Waals surface area contributed by atoms with E-state index in [9.17, 15) is 13.2 Å². The second kappa shape index (κ2) is 13.3. The largest absolute Gasteiger partial charge is 0.496 e. The summed E-state index contributed by atoms with van der Waals surface area (Å²) >= 11 is 0. The molecule has 8 nitrogen and oxygen atoms in total. The number of ether oxygens (including phenoxy) is 1. The van der Waals surface area contributed by atoms with Crippen LogP contribution in [0, 0.1) is 20.8 Å². The first-order valence-electron chi connectivity index (χ1n) is 12.7. The molecular weight excluding hydrogens is 488 g/mol. The molecule has 0 aliphatic carbocycles. The maximum atomic E-state index is 13.3. The molecule has 0 radical (unpaired) electrons. The van der Waals surface area contributed by atoms with Gasteiger partial charge in [-0.15, -0.1) is 0 Å². The molecule has 206 valence electrons. The van der Waals surface area contributed by atoms with Crippen LogP contribution in [-0.4, -0.2) is 82.4 Å². The lowest BCUT2D eigenvalue weighted by atomic mass is 10.0. The van der Waals surface area contributed by atoms with Crippen LogP contribution in [0.1, 0.15) is 42.9 Å². The van der Waals surface area contributed by atoms with E-state index in [1.54, 1.807) is 27.0 Å². The number of aryl methyl sites for hydroxylation is 1. The molecule has 1 aromatic carbocycles. The number of nitrogens with zero attached hydrogens (tertiary/aromatic N) is 3. The van der Waals surface area contributed by atoms with Crippen LogP contribution in [0.4, 0.5) is 0 Å². The molecule has 0 bridgehead atoms. The Hall–Kier alpha value is -2.62. The highest BCUT2D eigenvalue weighted by Crippen LogP contribution is 2.32. The molecule has 2 rings (SSSR count). The molecule has 0 spiro atoms. The highest BCUT2D eigenvalue weighted by molar-refractivity contribution is 7.89. The molecule has 1 aromatic rings. The molecule has 0 unspecified atom stereocenters. The van der Waals surface area contributed by atoms with Gasteiger partial charge in [-0.25, -0.2) is 12.7 Å². The molecule has 1 aliphatic heterocycles. The Morgan fingerprint density at radius 2 is 1.78 bits per heavy atom. The zero-order chi connectivity index (χ0) is 27.9. The van der Waals surface area contributed by atoms with Crippen LogP contribution in [0.2, 0.25) is 0 Å². The summed E-state index contributed by atoms with van der Waals surface area (Å²) in [5.41, 5.74) is 3.77. The Balaban J connectivity index is 2.00. The van der Waals surface area contributed by atoms with Gasteiger partial charge in [0, 0.05) is 50.5 Å². The van der Waals surface area contributed by atoms with E-state index in [1.165, 1.54) is 11.4 Å². The van der Waals surface area contributed by atoms with E-state index in [0.717, 1.165) is 37.2 Å². The number of benzene rings is 1. The Labute approximate surface area is 223 Å². The van der Waals surface area contributed by atoms with Crippen LogP contribution < -0.4 is 10.1 Å². The zero-order valence-corrected chi connectivity index (χ0v) is 24.5. The third-order valence-electron chi connectivity index (χ3n) is 7.13. The number of hydrogen-bond donors (Lipinski definition) is 1. The van der Waals surface area contributed by atoms with Gasteiger partial charge in [0.25, 0.3) is 0 Å². The van der Waals surface area contributed by atoms with Gasteiger partial charge in [0.05, 0.1) is 12.0 Å². The van der Waals surface area contributed by atoms with E-state index in [2.05, 4.69) is 35.8 Å². The maximum Gasteiger partial charge on any atom is 0.243 e. The van der Waals surface area contributed by atoms with Crippen LogP contribution in [-0.2, 0) is 14.8 Å². The number of carbonyl (C=O) groups excluding carboxylic acids is 1. The third kappa shape index (κ3) is 7.69. The summed E-state index contributed by atoms with van der Waals surface area (Å²) in [6, 6.07) is 2.33. The average Bonchev–Trinajstić information content (AvgIpc) is 2.85. The van der Waals surface area contributed by atoms with Crippen LogP contribution in [0.3, 0.4) is 0 Å². The molecule has 37 heavy (non-hydrogen) atoms. The third-order valence-corrected chi connectivity index (χ3v) is 9.28. The van der Waals surface area contributed by atoms with Crippen molar-refractivity contribution in [1.29, 1.82) is 0 Å². The number of likely N-dealkylation sites (tertiary alicyclic amines) is 1. The second-order valence-corrected chi connectivity index (χ2v) is 11.9. The number of hydrogen-bond acceptors (Lipinski definition) is 6. The molecule has 1 heterocycles. The first-order chi connectivity index (χ1) is 17.3. The van der Waals surface area contributed by atoms with Gasteiger partial charge < -0.3 is 19.9 Å². The number of methoxy groups -OCH3 is 1. The number of sulfonamides is 1. The van der Waals surface area contributed by atoms with E-state index < -0.39 is 10.0 Å². The van der Waals surface area contributed by atoms with E-state index >= 15 is 0 Å². The van der Waals surface area contributed by atoms with Crippen LogP contribution >= 0.6 is 0 Å². The molecule has 1 fully saturated rings. The summed E-state index contributed by atoms with van der Waals surface area (Å²) in [4.78, 5) is 17.4. The first kappa shape index (κ1) is 30.6. The van der Waals surface area contributed by atoms with E-state index in [4.69, 9.17) is 4.74 Å². The fraction of sp³-hybridized carbons (Fsp3) is 0.536. The lowest BCUT2D eigenvalue weighted by Crippen LogP contribution is -2.41. The standard InChI is InChI=1S/C28H44N4O4S/c1-10-24(32-17-13-25(14-18-32)30(6)7)12-11-21(3)29-27(33)15-16-31(8)37(34,35)28-20(2)19-26(36-9)22(4)23(28)5/h10-12,19,25H,1,13-18H2,2-9H3,(H,29,33)/b21-11+,24-12+. The predicted molar refractivity (Wildman–Crippen MR) is 150 cm³/mol. The average molecular weight is 533 g/mol. The van der Waals surface area contributed by atoms with Gasteiger partial charge in [-0.05, 0) is 95.6 Å². The fourth-order valence-electron chi connectivity index (χ4n) is 4.64. The lowest BCUT2D eigenvalue weighted by Gasteiger charge is -2.36. The highest BCUT2D eigenvalue weighted by atomic mass is 32.2. The summed E-state index contributed by atoms with van der Waals surface area (Å²) in [6.07, 6.45) is 7.91. The van der Waals surface area contributed by atoms with E-state index in [-0.39, 0.29) is 23.8 Å². The van der Waals surface area contributed by atoms with Crippen molar-refractivity contribution in [3.63, 3.8) is 0 Å². The van der Waals surface area contributed by atoms with Gasteiger partial charge in [0.1, 0.15) is 5.75 Å². The Kier molecular flexibility index (Phi) is 11.0. The second-order valence-electron chi connectivity index (χ2n) is 9.93. The number of allylic oxidation sites excluding steroid dienone is 4. The molecule has 1 N–H and O–H groups in total. The summed E-state index contributed by atoms with van der Waals surface area (Å²) < 4.78 is 33.2. The molecular formula is C28H44N4O4S. The highest BCUT2D eigenvalue weighted by Gasteiger charge is 2.27. The summed E-state index contributed by atoms with van der Waals surface area (Å²) in [6.45, 7) is 13.1. The Bertz CT molecular complexity index is 1150. The van der Waals surface area contributed by atoms with Crippen molar-refractivity contribution in [2.75, 3.05) is 47.9 Å². The van der Waals surface area contributed by atoms with Crippen LogP contribution in [0.5, 0.6) is 5.75 Å². The minimum Gasteiger partial charge on any atom is -0.496 e. The smallest absolute Gasteiger partial charge is 0.243 e. The minimum atomic E-state index is -3.76. The number of carbonyl (C=O) groups is 1. The molecule has 1 amide bonds. The van der Waals surface area contributed by atoms with Crippen LogP contribution in [0.15, 0.2) is 47.2 Å². The Morgan fingerprint density at radius 1 is 1.16 bits per heavy atom. The minimum absolute atomic E-state index is 0.0459. The van der Waals surface area contributed by atoms with Gasteiger partial charge in [-0.3, -0.25) is 4.79 Å². The van der Waals surface area contributed by atoms with Gasteiger partial charge >= 0.3 is 0 Å². The Morgan fingerprint density at radius 3 is 2.32 bits per heavy atom. The quantitative estimate of drug-likeness (QED) is 0.437. The van der Waals surface area contributed by atoms with Gasteiger partial charge in [0.2, 0.25) is 15.9 Å². The van der Waals surface area contributed by atoms with Crippen molar-refractivity contribution in [3.8, 4) is 5.75 Å². The van der Waals surface area contributed by atoms with Crippen molar-refractivity contribution in [2.24, 2.45) is 0 Å². The van der Waals surface area contributed by atoms with E-state index in [0.29, 0.717) is 28.6 Å². The van der Waals surface area contributed by atoms with Crippen molar-refractivity contribution >= 4 is 15.9 Å². The van der Waals surface area contributed by atoms with Gasteiger partial charge in [0.15, 0.2) is 0 Å². The zero-order valence-electron chi connectivity index (χ0n) is 23.7. The predicted octanol–water partition coefficient (Wildman–Crippen LogP) is 3.75. The lowest BCUT2D eigenvalue weighted by molar-refractivity contribution is -0.120. The van der Waals surface area contributed by atoms with Crippen molar-refractivity contribution in [1.82, 2.24) is 19.4 Å². The molecule has 0 atom stereocenters. The fourth-order valence-corrected chi connectivity index (χ4v) is 6.29. The molecule has 1 aliphatic rings. The van der Waals surface area contributed by atoms with Crippen LogP contribution in [0.25, 0.3) is 0 Å². The van der Waals surface area contributed by atoms with Crippen molar-refractivity contribution < 1.29 is 17.9 Å². The molecule has 9 heteroatoms. The van der Waals surface area contributed by atoms with Gasteiger partial charge in [-0.2, -0.15) is 0 Å². The van der Waals surface area contributed by atoms with E-state index in [1.807, 2.05) is 32.1 Å². The topological polar surface area (TPSA) is 82.2 Å². The number of amides is 1. The first-order valence-corrected chi connectivity index (χ1v) is 14.1. The normalized spacial score (nSPS) is 15.9. The van der Waals surface area contributed by atoms with Crippen molar-refractivity contribution in [2.45, 2.75) is 57.9 Å². The summed E-state index contributed by atoms with van der Waals surface area (Å²) in [5.74, 6) is 0.417. The molecule has 0 saturated carbocycles. The SMILES string of the molecule is C=C/C(=C\C=C(/C)NC(=O)CCN(C)S(=O)(=O)c1c(C)cc(OC)c(C)c1C)N1CCC(N(C)C)CC1. The van der Waals surface area contributed by atoms with Gasteiger partial charge in [-0.1, -0.05) is 6.58 Å². The number of rotatable bonds is 11. The summed E-state index contributed by atoms with van der Waals surface area (Å²) in [5, 5.41) is 2.86. The van der Waals surface area contributed by atoms with Crippen molar-refractivity contribution in [3.05, 3.63) is 59.0 Å². The summed E-state index contributed by atoms with van der Waals surface area (Å²) in [7, 11) is 3.55. The molecule has 0 aromatic heterocycles. The molecule has 1 saturated heterocycles.